The number of pyridine rings is 1. The van der Waals surface area contributed by atoms with E-state index in [0.717, 1.165) is 64.9 Å². The van der Waals surface area contributed by atoms with E-state index in [0.29, 0.717) is 37.7 Å². The number of aromatic amines is 1. The molecule has 0 aliphatic carbocycles. The van der Waals surface area contributed by atoms with Gasteiger partial charge in [-0.2, -0.15) is 0 Å². The number of nitrogens with one attached hydrogen (secondary N) is 6. The maximum atomic E-state index is 12.9. The van der Waals surface area contributed by atoms with Gasteiger partial charge >= 0.3 is 29.9 Å². The molecule has 0 saturated carbocycles. The number of aliphatic hydroxyl groups is 1. The highest BCUT2D eigenvalue weighted by atomic mass is 16.4. The summed E-state index contributed by atoms with van der Waals surface area (Å²) in [6, 6.07) is -0.154. The number of primary amides is 2. The first-order chi connectivity index (χ1) is 35.7. The summed E-state index contributed by atoms with van der Waals surface area (Å²) in [6.45, 7) is 13.2. The van der Waals surface area contributed by atoms with Gasteiger partial charge in [-0.3, -0.25) is 47.9 Å². The minimum atomic E-state index is -1.28. The number of amides is 7. The maximum absolute atomic E-state index is 12.9. The van der Waals surface area contributed by atoms with E-state index in [-0.39, 0.29) is 81.5 Å². The molecule has 0 bridgehead atoms. The minimum Gasteiger partial charge on any atom is -0.483 e. The Morgan fingerprint density at radius 2 is 1.07 bits per heavy atom. The predicted molar refractivity (Wildman–Crippen MR) is 280 cm³/mol. The Kier molecular flexibility index (Phi) is 77.2. The van der Waals surface area contributed by atoms with Gasteiger partial charge in [0.25, 0.3) is 6.47 Å². The topological polar surface area (TPSA) is 471 Å². The summed E-state index contributed by atoms with van der Waals surface area (Å²) in [6.07, 6.45) is 12.5. The molecule has 7 amide bonds. The molecule has 16 N–H and O–H groups in total. The Morgan fingerprint density at radius 3 is 1.48 bits per heavy atom. The van der Waals surface area contributed by atoms with Crippen LogP contribution < -0.4 is 43.6 Å². The smallest absolute Gasteiger partial charge is 0.326 e. The fourth-order valence-corrected chi connectivity index (χ4v) is 5.12. The van der Waals surface area contributed by atoms with Crippen molar-refractivity contribution in [3.63, 3.8) is 0 Å². The molecule has 1 aromatic rings. The summed E-state index contributed by atoms with van der Waals surface area (Å²) < 4.78 is 0. The third-order valence-electron chi connectivity index (χ3n) is 8.49. The average molecular weight is 1080 g/mol. The number of hydrogen-bond donors (Lipinski definition) is 14. The van der Waals surface area contributed by atoms with Crippen LogP contribution in [0.3, 0.4) is 0 Å². The zero-order chi connectivity index (χ0) is 59.8. The Hall–Kier alpha value is -7.45. The van der Waals surface area contributed by atoms with Gasteiger partial charge in [0.05, 0.1) is 13.0 Å². The van der Waals surface area contributed by atoms with Crippen molar-refractivity contribution in [3.05, 3.63) is 34.2 Å². The third-order valence-corrected chi connectivity index (χ3v) is 8.49. The Labute approximate surface area is 440 Å². The fourth-order valence-electron chi connectivity index (χ4n) is 5.12. The number of carboxylic acids is 4. The number of aromatic nitrogens is 1. The molecule has 3 unspecified atom stereocenters. The predicted octanol–water partition coefficient (Wildman–Crippen LogP) is 2.44. The SMILES string of the molecule is CC.CC.CC(CCCCCCCCCCC(=O)NCCCCC(NC(=O)C(CCC(=O)O)NC(=O)Cc1ccc(=O)[nH]c1)C(=O)O)NC(=O)NCC=O.CCC(=O)O.CCC(=O)O.CO.NC=O.NC=O.O=CO. The van der Waals surface area contributed by atoms with Gasteiger partial charge in [0.1, 0.15) is 18.4 Å². The molecular weight excluding hydrogens is 993 g/mol. The van der Waals surface area contributed by atoms with Gasteiger partial charge in [-0.25, -0.2) is 9.59 Å². The monoisotopic (exact) mass is 1080 g/mol. The van der Waals surface area contributed by atoms with Crippen molar-refractivity contribution in [2.75, 3.05) is 20.2 Å². The number of hydrogen-bond acceptors (Lipinski definition) is 14. The van der Waals surface area contributed by atoms with Gasteiger partial charge in [-0.1, -0.05) is 92.6 Å². The Balaban J connectivity index is -0.000000250. The van der Waals surface area contributed by atoms with Gasteiger partial charge in [0.15, 0.2) is 0 Å². The highest BCUT2D eigenvalue weighted by Crippen LogP contribution is 2.12. The number of urea groups is 1. The van der Waals surface area contributed by atoms with Gasteiger partial charge in [-0.05, 0) is 51.0 Å². The number of carbonyl (C=O) groups is 12. The number of aldehydes is 1. The molecule has 0 aromatic carbocycles. The van der Waals surface area contributed by atoms with E-state index in [4.69, 9.17) is 39.9 Å². The number of H-pyrrole nitrogens is 1. The Bertz CT molecular complexity index is 1640. The van der Waals surface area contributed by atoms with Crippen molar-refractivity contribution in [1.82, 2.24) is 31.6 Å². The second kappa shape index (κ2) is 68.6. The summed E-state index contributed by atoms with van der Waals surface area (Å²) in [5, 5.41) is 60.9. The second-order valence-electron chi connectivity index (χ2n) is 14.2. The van der Waals surface area contributed by atoms with Crippen molar-refractivity contribution in [3.8, 4) is 0 Å². The average Bonchev–Trinajstić information content (AvgIpc) is 3.38. The van der Waals surface area contributed by atoms with Crippen LogP contribution in [0.1, 0.15) is 163 Å². The van der Waals surface area contributed by atoms with Crippen LogP contribution in [-0.2, 0) is 59.2 Å². The van der Waals surface area contributed by atoms with Crippen molar-refractivity contribution >= 4 is 73.2 Å². The van der Waals surface area contributed by atoms with Gasteiger partial charge in [0, 0.05) is 57.6 Å². The largest absolute Gasteiger partial charge is 0.483 e. The van der Waals surface area contributed by atoms with Gasteiger partial charge in [0.2, 0.25) is 36.1 Å². The zero-order valence-corrected chi connectivity index (χ0v) is 45.1. The normalized spacial score (nSPS) is 10.0. The number of carboxylic acid groups (broad SMARTS) is 5. The lowest BCUT2D eigenvalue weighted by Crippen LogP contribution is -2.52. The van der Waals surface area contributed by atoms with Crippen LogP contribution in [0, 0.1) is 0 Å². The van der Waals surface area contributed by atoms with Crippen molar-refractivity contribution in [2.45, 2.75) is 182 Å². The number of nitrogens with two attached hydrogens (primary N) is 2. The number of unbranched alkanes of at least 4 members (excludes halogenated alkanes) is 8. The molecular formula is C48H90N8O19. The number of aliphatic hydroxyl groups excluding tert-OH is 1. The zero-order valence-electron chi connectivity index (χ0n) is 45.1. The molecule has 0 spiro atoms. The van der Waals surface area contributed by atoms with Crippen LogP contribution in [0.25, 0.3) is 0 Å². The minimum absolute atomic E-state index is 0.00180. The van der Waals surface area contributed by atoms with Gasteiger partial charge in [-0.15, -0.1) is 0 Å². The quantitative estimate of drug-likeness (QED) is 0.0388. The van der Waals surface area contributed by atoms with Crippen LogP contribution in [0.2, 0.25) is 0 Å². The molecule has 0 aliphatic heterocycles. The summed E-state index contributed by atoms with van der Waals surface area (Å²) in [5.74, 6) is -5.45. The molecule has 1 aromatic heterocycles. The third kappa shape index (κ3) is 75.6. The lowest BCUT2D eigenvalue weighted by molar-refractivity contribution is -0.143. The van der Waals surface area contributed by atoms with Crippen molar-refractivity contribution < 1.29 is 88.2 Å². The molecule has 75 heavy (non-hydrogen) atoms. The summed E-state index contributed by atoms with van der Waals surface area (Å²) in [7, 11) is 1.00. The van der Waals surface area contributed by atoms with E-state index in [1.807, 2.05) is 34.6 Å². The van der Waals surface area contributed by atoms with Crippen LogP contribution in [0.5, 0.6) is 0 Å². The molecule has 0 fully saturated rings. The van der Waals surface area contributed by atoms with Crippen LogP contribution >= 0.6 is 0 Å². The van der Waals surface area contributed by atoms with E-state index in [2.05, 4.69) is 43.0 Å². The first-order valence-electron chi connectivity index (χ1n) is 24.4. The van der Waals surface area contributed by atoms with Crippen LogP contribution in [0.4, 0.5) is 4.79 Å². The first-order valence-corrected chi connectivity index (χ1v) is 24.4. The first kappa shape index (κ1) is 84.4. The highest BCUT2D eigenvalue weighted by Gasteiger charge is 2.27. The highest BCUT2D eigenvalue weighted by molar-refractivity contribution is 5.91. The molecule has 27 heteroatoms. The van der Waals surface area contributed by atoms with Crippen molar-refractivity contribution in [1.29, 1.82) is 0 Å². The number of rotatable bonds is 30. The number of carbonyl (C=O) groups excluding carboxylic acids is 7. The lowest BCUT2D eigenvalue weighted by Gasteiger charge is -2.21. The van der Waals surface area contributed by atoms with E-state index < -0.39 is 54.2 Å². The molecule has 0 radical (unpaired) electrons. The standard InChI is InChI=1S/C34H54N6O10.2C3H6O2.2C2H6.2CH3NO.CH2O2.CH4O/c1-24(38-34(50)36-20-21-41)12-8-6-4-2-3-5-7-9-14-28(42)35-19-11-10-13-27(33(48)49)40-32(47)26(16-18-31(45)46)39-30(44)22-25-15-17-29(43)37-23-25;2*1-2-3(4)5;2*1-2;3*2-1-3;1-2/h15,17,21,23-24,26-27H,2-14,16,18-20,22H2,1H3,(H,35,42)(H,37,43)(H,39,44)(H,40,47)(H,45,46)(H,48,49)(H2,36,38,50);2*2H2,1H3,(H,4,5);2*1-2H3;2*1H,(H2,2,3);1H,(H,2,3);2H,1H3. The van der Waals surface area contributed by atoms with Crippen LogP contribution in [-0.4, -0.2) is 147 Å². The Morgan fingerprint density at radius 1 is 0.613 bits per heavy atom. The molecule has 3 atom stereocenters. The van der Waals surface area contributed by atoms with Crippen molar-refractivity contribution in [2.24, 2.45) is 11.5 Å². The fraction of sp³-hybridized carbons (Fsp3) is 0.646. The van der Waals surface area contributed by atoms with E-state index >= 15 is 0 Å². The summed E-state index contributed by atoms with van der Waals surface area (Å²) in [4.78, 5) is 140. The maximum Gasteiger partial charge on any atom is 0.326 e. The second-order valence-corrected chi connectivity index (χ2v) is 14.2. The molecule has 436 valence electrons. The molecule has 0 aliphatic rings. The van der Waals surface area contributed by atoms with Crippen LogP contribution in [0.15, 0.2) is 23.1 Å². The number of aliphatic carboxylic acids is 4. The molecule has 1 heterocycles. The van der Waals surface area contributed by atoms with Gasteiger partial charge < -0.3 is 78.5 Å². The van der Waals surface area contributed by atoms with E-state index in [9.17, 15) is 53.1 Å². The van der Waals surface area contributed by atoms with E-state index in [1.54, 1.807) is 13.8 Å². The molecule has 1 rings (SSSR count). The van der Waals surface area contributed by atoms with E-state index in [1.165, 1.54) is 18.3 Å². The molecule has 0 saturated heterocycles. The summed E-state index contributed by atoms with van der Waals surface area (Å²) in [5.41, 5.74) is 8.45. The summed E-state index contributed by atoms with van der Waals surface area (Å²) >= 11 is 0. The lowest BCUT2D eigenvalue weighted by atomic mass is 10.0. The molecule has 27 nitrogen and oxygen atoms in total.